The lowest BCUT2D eigenvalue weighted by molar-refractivity contribution is -0.384. The summed E-state index contributed by atoms with van der Waals surface area (Å²) >= 11 is 5.83. The third-order valence-corrected chi connectivity index (χ3v) is 8.74. The van der Waals surface area contributed by atoms with E-state index in [2.05, 4.69) is 4.72 Å². The average molecular weight is 413 g/mol. The highest BCUT2D eigenvalue weighted by Gasteiger charge is 2.54. The van der Waals surface area contributed by atoms with E-state index < -0.39 is 14.9 Å². The van der Waals surface area contributed by atoms with Crippen LogP contribution in [0.2, 0.25) is 5.02 Å². The van der Waals surface area contributed by atoms with Crippen molar-refractivity contribution in [3.05, 3.63) is 33.3 Å². The largest absolute Gasteiger partial charge is 0.289 e. The van der Waals surface area contributed by atoms with Gasteiger partial charge in [-0.3, -0.25) is 10.1 Å². The fourth-order valence-corrected chi connectivity index (χ4v) is 7.93. The van der Waals surface area contributed by atoms with Crippen LogP contribution >= 0.6 is 11.6 Å². The molecule has 0 aromatic heterocycles. The molecule has 4 saturated carbocycles. The Balaban J connectivity index is 1.62. The summed E-state index contributed by atoms with van der Waals surface area (Å²) in [6.07, 6.45) is 7.91. The minimum Gasteiger partial charge on any atom is -0.258 e. The number of nitrogens with zero attached hydrogens (tertiary/aromatic N) is 1. The van der Waals surface area contributed by atoms with Gasteiger partial charge in [-0.2, -0.15) is 0 Å². The maximum atomic E-state index is 13.0. The lowest BCUT2D eigenvalue weighted by Crippen LogP contribution is -2.56. The summed E-state index contributed by atoms with van der Waals surface area (Å²) in [4.78, 5) is 10.4. The summed E-state index contributed by atoms with van der Waals surface area (Å²) < 4.78 is 28.9. The van der Waals surface area contributed by atoms with Gasteiger partial charge < -0.3 is 0 Å². The Hall–Kier alpha value is -1.18. The van der Waals surface area contributed by atoms with Gasteiger partial charge in [0.25, 0.3) is 5.69 Å². The van der Waals surface area contributed by atoms with Crippen molar-refractivity contribution in [1.82, 2.24) is 4.72 Å². The van der Waals surface area contributed by atoms with E-state index in [-0.39, 0.29) is 27.1 Å². The predicted octanol–water partition coefficient (Wildman–Crippen LogP) is 4.52. The number of benzene rings is 1. The van der Waals surface area contributed by atoms with Crippen LogP contribution < -0.4 is 4.72 Å². The molecule has 1 aromatic carbocycles. The van der Waals surface area contributed by atoms with Gasteiger partial charge in [0.1, 0.15) is 5.02 Å². The van der Waals surface area contributed by atoms with Crippen LogP contribution in [0.15, 0.2) is 23.1 Å². The van der Waals surface area contributed by atoms with Crippen LogP contribution in [0.1, 0.15) is 51.9 Å². The Morgan fingerprint density at radius 2 is 1.78 bits per heavy atom. The van der Waals surface area contributed by atoms with Crippen molar-refractivity contribution in [2.24, 2.45) is 23.2 Å². The minimum atomic E-state index is -3.85. The molecule has 1 N–H and O–H groups in total. The molecule has 4 aliphatic rings. The number of halogens is 1. The first-order valence-corrected chi connectivity index (χ1v) is 11.5. The van der Waals surface area contributed by atoms with Crippen molar-refractivity contribution in [3.63, 3.8) is 0 Å². The molecule has 0 aliphatic heterocycles. The molecule has 0 saturated heterocycles. The Labute approximate surface area is 164 Å². The van der Waals surface area contributed by atoms with Gasteiger partial charge in [0, 0.05) is 12.1 Å². The predicted molar refractivity (Wildman–Crippen MR) is 103 cm³/mol. The van der Waals surface area contributed by atoms with Crippen molar-refractivity contribution in [3.8, 4) is 0 Å². The third kappa shape index (κ3) is 3.38. The number of sulfonamides is 1. The molecule has 1 atom stereocenters. The molecule has 148 valence electrons. The fourth-order valence-electron chi connectivity index (χ4n) is 6.30. The van der Waals surface area contributed by atoms with Gasteiger partial charge in [0.15, 0.2) is 0 Å². The van der Waals surface area contributed by atoms with E-state index in [4.69, 9.17) is 11.6 Å². The summed E-state index contributed by atoms with van der Waals surface area (Å²) in [6.45, 7) is 2.02. The Bertz CT molecular complexity index is 835. The van der Waals surface area contributed by atoms with Crippen LogP contribution in [0.25, 0.3) is 0 Å². The van der Waals surface area contributed by atoms with Gasteiger partial charge >= 0.3 is 0 Å². The van der Waals surface area contributed by atoms with Crippen molar-refractivity contribution in [1.29, 1.82) is 0 Å². The summed E-state index contributed by atoms with van der Waals surface area (Å²) in [5.74, 6) is 2.18. The summed E-state index contributed by atoms with van der Waals surface area (Å²) in [7, 11) is -3.85. The van der Waals surface area contributed by atoms with E-state index in [1.807, 2.05) is 6.92 Å². The van der Waals surface area contributed by atoms with Crippen molar-refractivity contribution >= 4 is 27.3 Å². The normalized spacial score (nSPS) is 33.2. The molecule has 0 spiro atoms. The first-order chi connectivity index (χ1) is 12.7. The van der Waals surface area contributed by atoms with Gasteiger partial charge in [-0.05, 0) is 80.2 Å². The van der Waals surface area contributed by atoms with Crippen LogP contribution in [0, 0.1) is 33.3 Å². The zero-order valence-electron chi connectivity index (χ0n) is 15.4. The zero-order valence-corrected chi connectivity index (χ0v) is 16.9. The Morgan fingerprint density at radius 3 is 2.26 bits per heavy atom. The van der Waals surface area contributed by atoms with Crippen molar-refractivity contribution in [2.45, 2.75) is 62.8 Å². The number of nitrogens with one attached hydrogen (secondary N) is 1. The molecule has 6 nitrogen and oxygen atoms in total. The highest BCUT2D eigenvalue weighted by atomic mass is 35.5. The van der Waals surface area contributed by atoms with E-state index >= 15 is 0 Å². The molecule has 0 heterocycles. The molecule has 4 bridgehead atoms. The number of hydrogen-bond acceptors (Lipinski definition) is 4. The Kier molecular flexibility index (Phi) is 4.76. The molecule has 0 radical (unpaired) electrons. The van der Waals surface area contributed by atoms with Crippen LogP contribution in [-0.4, -0.2) is 19.4 Å². The zero-order chi connectivity index (χ0) is 19.4. The monoisotopic (exact) mass is 412 g/mol. The number of nitro groups is 1. The molecule has 8 heteroatoms. The topological polar surface area (TPSA) is 89.3 Å². The quantitative estimate of drug-likeness (QED) is 0.549. The standard InChI is InChI=1S/C19H25ClN2O4S/c1-2-18(19-9-12-5-13(10-19)7-14(6-12)11-19)21-27(25,26)15-3-4-16(20)17(8-15)22(23)24/h3-4,8,12-14,18,21H,2,5-7,9-11H2,1H3/t12?,13?,14?,18-,19?/m0/s1. The fraction of sp³-hybridized carbons (Fsp3) is 0.684. The van der Waals surface area contributed by atoms with Crippen LogP contribution in [0.3, 0.4) is 0 Å². The molecule has 0 amide bonds. The van der Waals surface area contributed by atoms with Crippen molar-refractivity contribution in [2.75, 3.05) is 0 Å². The first kappa shape index (κ1) is 19.2. The van der Waals surface area contributed by atoms with Gasteiger partial charge in [-0.1, -0.05) is 18.5 Å². The smallest absolute Gasteiger partial charge is 0.258 e. The van der Waals surface area contributed by atoms with E-state index in [0.29, 0.717) is 0 Å². The summed E-state index contributed by atoms with van der Waals surface area (Å²) in [5.41, 5.74) is -0.350. The molecule has 5 rings (SSSR count). The maximum absolute atomic E-state index is 13.0. The third-order valence-electron chi connectivity index (χ3n) is 6.96. The summed E-state index contributed by atoms with van der Waals surface area (Å²) in [5, 5.41) is 11.1. The van der Waals surface area contributed by atoms with Crippen LogP contribution in [0.5, 0.6) is 0 Å². The highest BCUT2D eigenvalue weighted by molar-refractivity contribution is 7.89. The molecule has 4 fully saturated rings. The lowest BCUT2D eigenvalue weighted by atomic mass is 9.47. The molecule has 0 unspecified atom stereocenters. The molecular weight excluding hydrogens is 388 g/mol. The van der Waals surface area contributed by atoms with E-state index in [9.17, 15) is 18.5 Å². The molecule has 27 heavy (non-hydrogen) atoms. The number of hydrogen-bond donors (Lipinski definition) is 1. The first-order valence-electron chi connectivity index (χ1n) is 9.68. The minimum absolute atomic E-state index is 0.0366. The second kappa shape index (κ2) is 6.71. The van der Waals surface area contributed by atoms with E-state index in [1.54, 1.807) is 0 Å². The molecule has 1 aromatic rings. The van der Waals surface area contributed by atoms with Gasteiger partial charge in [-0.15, -0.1) is 0 Å². The lowest BCUT2D eigenvalue weighted by Gasteiger charge is -2.59. The molecular formula is C19H25ClN2O4S. The SMILES string of the molecule is CC[C@H](NS(=O)(=O)c1ccc(Cl)c([N+](=O)[O-])c1)C12CC3CC(CC(C3)C1)C2. The van der Waals surface area contributed by atoms with Crippen molar-refractivity contribution < 1.29 is 13.3 Å². The number of nitro benzene ring substituents is 1. The van der Waals surface area contributed by atoms with Gasteiger partial charge in [0.05, 0.1) is 9.82 Å². The number of rotatable bonds is 6. The average Bonchev–Trinajstić information content (AvgIpc) is 2.58. The summed E-state index contributed by atoms with van der Waals surface area (Å²) in [6, 6.07) is 3.53. The van der Waals surface area contributed by atoms with E-state index in [1.165, 1.54) is 31.4 Å². The Morgan fingerprint density at radius 1 is 1.22 bits per heavy atom. The second-order valence-corrected chi connectivity index (χ2v) is 10.9. The van der Waals surface area contributed by atoms with Crippen LogP contribution in [-0.2, 0) is 10.0 Å². The van der Waals surface area contributed by atoms with Gasteiger partial charge in [-0.25, -0.2) is 13.1 Å². The van der Waals surface area contributed by atoms with E-state index in [0.717, 1.165) is 49.5 Å². The van der Waals surface area contributed by atoms with Crippen LogP contribution in [0.4, 0.5) is 5.69 Å². The van der Waals surface area contributed by atoms with Gasteiger partial charge in [0.2, 0.25) is 10.0 Å². The molecule has 4 aliphatic carbocycles. The second-order valence-electron chi connectivity index (χ2n) is 8.73. The maximum Gasteiger partial charge on any atom is 0.289 e. The highest BCUT2D eigenvalue weighted by Crippen LogP contribution is 2.61.